The van der Waals surface area contributed by atoms with Crippen LogP contribution >= 0.6 is 0 Å². The van der Waals surface area contributed by atoms with E-state index in [2.05, 4.69) is 0 Å². The van der Waals surface area contributed by atoms with Crippen molar-refractivity contribution in [3.8, 4) is 11.1 Å². The van der Waals surface area contributed by atoms with E-state index in [1.165, 1.54) is 0 Å². The van der Waals surface area contributed by atoms with Gasteiger partial charge in [0.2, 0.25) is 0 Å². The van der Waals surface area contributed by atoms with Gasteiger partial charge in [-0.25, -0.2) is 0 Å². The largest absolute Gasteiger partial charge is 0.481 e. The van der Waals surface area contributed by atoms with Crippen molar-refractivity contribution in [2.75, 3.05) is 0 Å². The van der Waals surface area contributed by atoms with Gasteiger partial charge < -0.3 is 10.2 Å². The monoisotopic (exact) mass is 368 g/mol. The number of ketones is 1. The van der Waals surface area contributed by atoms with Gasteiger partial charge in [-0.2, -0.15) is 0 Å². The fourth-order valence-electron chi connectivity index (χ4n) is 3.04. The van der Waals surface area contributed by atoms with Gasteiger partial charge in [-0.15, -0.1) is 0 Å². The molecule has 5 heteroatoms. The summed E-state index contributed by atoms with van der Waals surface area (Å²) in [5.41, 5.74) is 3.09. The summed E-state index contributed by atoms with van der Waals surface area (Å²) in [4.78, 5) is 34.4. The van der Waals surface area contributed by atoms with Crippen LogP contribution in [0.1, 0.15) is 31.7 Å². The highest BCUT2D eigenvalue weighted by molar-refractivity contribution is 5.85. The number of Topliss-reactive ketones (excluding diaryl/α,β-unsaturated/α-hetero) is 1. The van der Waals surface area contributed by atoms with Crippen LogP contribution in [0.4, 0.5) is 0 Å². The molecule has 2 N–H and O–H groups in total. The summed E-state index contributed by atoms with van der Waals surface area (Å²) >= 11 is 0. The Hall–Kier alpha value is -2.95. The summed E-state index contributed by atoms with van der Waals surface area (Å²) in [6.45, 7) is 1.57. The summed E-state index contributed by atoms with van der Waals surface area (Å²) < 4.78 is 0. The fraction of sp³-hybridized carbons (Fsp3) is 0.318. The molecule has 2 aromatic carbocycles. The quantitative estimate of drug-likeness (QED) is 0.660. The van der Waals surface area contributed by atoms with Gasteiger partial charge in [0.05, 0.1) is 12.3 Å². The molecule has 142 valence electrons. The van der Waals surface area contributed by atoms with Crippen molar-refractivity contribution in [1.82, 2.24) is 0 Å². The number of rotatable bonds is 10. The fourth-order valence-corrected chi connectivity index (χ4v) is 3.04. The van der Waals surface area contributed by atoms with Crippen molar-refractivity contribution in [2.45, 2.75) is 32.6 Å². The van der Waals surface area contributed by atoms with Crippen LogP contribution in [0.25, 0.3) is 11.1 Å². The summed E-state index contributed by atoms with van der Waals surface area (Å²) in [6, 6.07) is 17.7. The molecule has 0 radical (unpaired) electrons. The van der Waals surface area contributed by atoms with E-state index in [-0.39, 0.29) is 25.0 Å². The van der Waals surface area contributed by atoms with Crippen LogP contribution in [-0.4, -0.2) is 27.9 Å². The predicted octanol–water partition coefficient (Wildman–Crippen LogP) is 4.06. The van der Waals surface area contributed by atoms with Crippen molar-refractivity contribution in [3.63, 3.8) is 0 Å². The molecule has 0 bridgehead atoms. The molecular weight excluding hydrogens is 344 g/mol. The molecule has 5 nitrogen and oxygen atoms in total. The van der Waals surface area contributed by atoms with Crippen molar-refractivity contribution in [2.24, 2.45) is 11.8 Å². The molecule has 27 heavy (non-hydrogen) atoms. The molecule has 0 amide bonds. The molecule has 0 spiro atoms. The number of aliphatic carboxylic acids is 2. The molecule has 0 unspecified atom stereocenters. The first-order valence-electron chi connectivity index (χ1n) is 8.98. The summed E-state index contributed by atoms with van der Waals surface area (Å²) in [5.74, 6) is -3.34. The van der Waals surface area contributed by atoms with E-state index in [9.17, 15) is 14.4 Å². The van der Waals surface area contributed by atoms with Crippen LogP contribution in [0.5, 0.6) is 0 Å². The summed E-state index contributed by atoms with van der Waals surface area (Å²) in [5, 5.41) is 18.0. The van der Waals surface area contributed by atoms with E-state index < -0.39 is 23.8 Å². The normalized spacial score (nSPS) is 12.9. The average molecular weight is 368 g/mol. The maximum atomic E-state index is 12.4. The first-order chi connectivity index (χ1) is 12.9. The standard InChI is InChI=1S/C22H24O5/c1-15(22(26)27)13-19(20(23)11-12-21(24)25)14-16-7-9-18(10-8-16)17-5-3-2-4-6-17/h2-10,15,19H,11-14H2,1H3,(H,24,25)(H,26,27)/t15-,19-/m1/s1. The van der Waals surface area contributed by atoms with Crippen molar-refractivity contribution < 1.29 is 24.6 Å². The van der Waals surface area contributed by atoms with E-state index in [1.54, 1.807) is 6.92 Å². The van der Waals surface area contributed by atoms with E-state index >= 15 is 0 Å². The lowest BCUT2D eigenvalue weighted by molar-refractivity contribution is -0.143. The van der Waals surface area contributed by atoms with Gasteiger partial charge in [0, 0.05) is 12.3 Å². The third-order valence-electron chi connectivity index (χ3n) is 4.64. The Morgan fingerprint density at radius 3 is 2.00 bits per heavy atom. The third-order valence-corrected chi connectivity index (χ3v) is 4.64. The van der Waals surface area contributed by atoms with Gasteiger partial charge >= 0.3 is 11.9 Å². The highest BCUT2D eigenvalue weighted by atomic mass is 16.4. The highest BCUT2D eigenvalue weighted by Crippen LogP contribution is 2.24. The maximum Gasteiger partial charge on any atom is 0.306 e. The number of benzene rings is 2. The molecule has 2 atom stereocenters. The minimum absolute atomic E-state index is 0.0750. The van der Waals surface area contributed by atoms with E-state index in [0.29, 0.717) is 6.42 Å². The van der Waals surface area contributed by atoms with Gasteiger partial charge in [0.1, 0.15) is 5.78 Å². The Morgan fingerprint density at radius 2 is 1.44 bits per heavy atom. The predicted molar refractivity (Wildman–Crippen MR) is 102 cm³/mol. The van der Waals surface area contributed by atoms with Crippen LogP contribution in [0.3, 0.4) is 0 Å². The minimum Gasteiger partial charge on any atom is -0.481 e. The number of carboxylic acids is 2. The number of hydrogen-bond donors (Lipinski definition) is 2. The minimum atomic E-state index is -1.03. The SMILES string of the molecule is C[C@H](C[C@H](Cc1ccc(-c2ccccc2)cc1)C(=O)CCC(=O)O)C(=O)O. The second-order valence-corrected chi connectivity index (χ2v) is 6.80. The second kappa shape index (κ2) is 9.67. The lowest BCUT2D eigenvalue weighted by Crippen LogP contribution is -2.23. The van der Waals surface area contributed by atoms with E-state index in [1.807, 2.05) is 54.6 Å². The number of carbonyl (C=O) groups excluding carboxylic acids is 1. The number of carbonyl (C=O) groups is 3. The van der Waals surface area contributed by atoms with Gasteiger partial charge in [0.25, 0.3) is 0 Å². The Labute approximate surface area is 158 Å². The first-order valence-corrected chi connectivity index (χ1v) is 8.98. The smallest absolute Gasteiger partial charge is 0.306 e. The molecule has 2 aromatic rings. The molecule has 0 fully saturated rings. The first kappa shape index (κ1) is 20.4. The van der Waals surface area contributed by atoms with Gasteiger partial charge in [0.15, 0.2) is 0 Å². The molecule has 0 aliphatic carbocycles. The van der Waals surface area contributed by atoms with E-state index in [4.69, 9.17) is 10.2 Å². The van der Waals surface area contributed by atoms with Crippen LogP contribution in [0, 0.1) is 11.8 Å². The van der Waals surface area contributed by atoms with Crippen LogP contribution in [-0.2, 0) is 20.8 Å². The Balaban J connectivity index is 2.12. The van der Waals surface area contributed by atoms with E-state index in [0.717, 1.165) is 16.7 Å². The van der Waals surface area contributed by atoms with Gasteiger partial charge in [-0.3, -0.25) is 14.4 Å². The van der Waals surface area contributed by atoms with Crippen LogP contribution in [0.2, 0.25) is 0 Å². The topological polar surface area (TPSA) is 91.7 Å². The zero-order chi connectivity index (χ0) is 19.8. The molecule has 0 aliphatic heterocycles. The number of hydrogen-bond acceptors (Lipinski definition) is 3. The molecule has 2 rings (SSSR count). The third kappa shape index (κ3) is 6.37. The summed E-state index contributed by atoms with van der Waals surface area (Å²) in [7, 11) is 0. The van der Waals surface area contributed by atoms with Crippen molar-refractivity contribution in [3.05, 3.63) is 60.2 Å². The average Bonchev–Trinajstić information content (AvgIpc) is 2.66. The van der Waals surface area contributed by atoms with Crippen molar-refractivity contribution >= 4 is 17.7 Å². The molecular formula is C22H24O5. The highest BCUT2D eigenvalue weighted by Gasteiger charge is 2.25. The maximum absolute atomic E-state index is 12.4. The molecule has 0 saturated heterocycles. The zero-order valence-corrected chi connectivity index (χ0v) is 15.3. The molecule has 0 aromatic heterocycles. The van der Waals surface area contributed by atoms with Crippen LogP contribution in [0.15, 0.2) is 54.6 Å². The lowest BCUT2D eigenvalue weighted by atomic mass is 9.85. The number of carboxylic acid groups (broad SMARTS) is 2. The van der Waals surface area contributed by atoms with Gasteiger partial charge in [-0.05, 0) is 29.5 Å². The Kier molecular flexibility index (Phi) is 7.29. The summed E-state index contributed by atoms with van der Waals surface area (Å²) in [6.07, 6.45) is 0.303. The molecule has 0 heterocycles. The Morgan fingerprint density at radius 1 is 0.852 bits per heavy atom. The van der Waals surface area contributed by atoms with Crippen molar-refractivity contribution in [1.29, 1.82) is 0 Å². The second-order valence-electron chi connectivity index (χ2n) is 6.80. The van der Waals surface area contributed by atoms with Gasteiger partial charge in [-0.1, -0.05) is 61.5 Å². The Bertz CT molecular complexity index is 780. The zero-order valence-electron chi connectivity index (χ0n) is 15.3. The molecule has 0 aliphatic rings. The lowest BCUT2D eigenvalue weighted by Gasteiger charge is -2.18. The van der Waals surface area contributed by atoms with Crippen LogP contribution < -0.4 is 0 Å². The molecule has 0 saturated carbocycles.